The number of nitrogens with one attached hydrogen (secondary N) is 1. The number of hydrogen-bond donors (Lipinski definition) is 1. The van der Waals surface area contributed by atoms with Gasteiger partial charge >= 0.3 is 41.5 Å². The summed E-state index contributed by atoms with van der Waals surface area (Å²) in [4.78, 5) is 33.0. The second-order valence-corrected chi connectivity index (χ2v) is 7.92. The van der Waals surface area contributed by atoms with Crippen molar-refractivity contribution in [3.8, 4) is 0 Å². The molecule has 0 aliphatic rings. The van der Waals surface area contributed by atoms with E-state index >= 15 is 0 Å². The van der Waals surface area contributed by atoms with Crippen LogP contribution in [0.4, 0.5) is 0 Å². The molecule has 0 saturated carbocycles. The quantitative estimate of drug-likeness (QED) is 0.127. The van der Waals surface area contributed by atoms with Gasteiger partial charge in [0.25, 0.3) is 0 Å². The fourth-order valence-electron chi connectivity index (χ4n) is 1.44. The molecule has 0 saturated heterocycles. The third-order valence-corrected chi connectivity index (χ3v) is 5.24. The SMILES string of the molecule is CC(=O)NCCSSCC(OC(C)=O)C(CS(=O)[O-])OC(C)=O.[Na+]. The molecule has 0 spiro atoms. The van der Waals surface area contributed by atoms with Gasteiger partial charge in [0.1, 0.15) is 12.2 Å². The van der Waals surface area contributed by atoms with Crippen LogP contribution >= 0.6 is 21.6 Å². The standard InChI is InChI=1S/C12H21NO7S3.Na/c1-8(14)13-4-5-21-22-6-11(19-9(2)15)12(7-23(17)18)20-10(3)16;/h11-12H,4-7H2,1-3H3,(H,13,14)(H,17,18);/q;+1/p-1. The first-order valence-electron chi connectivity index (χ1n) is 6.61. The Morgan fingerprint density at radius 2 is 1.62 bits per heavy atom. The summed E-state index contributed by atoms with van der Waals surface area (Å²) in [5.41, 5.74) is 0. The third kappa shape index (κ3) is 15.7. The number of amides is 1. The molecule has 0 heterocycles. The summed E-state index contributed by atoms with van der Waals surface area (Å²) < 4.78 is 31.8. The van der Waals surface area contributed by atoms with Gasteiger partial charge in [-0.1, -0.05) is 32.7 Å². The molecule has 0 radical (unpaired) electrons. The number of ether oxygens (including phenoxy) is 2. The van der Waals surface area contributed by atoms with Crippen LogP contribution in [0.2, 0.25) is 0 Å². The second-order valence-electron chi connectivity index (χ2n) is 4.36. The Bertz CT molecular complexity index is 423. The average Bonchev–Trinajstić information content (AvgIpc) is 2.38. The molecule has 0 aromatic rings. The van der Waals surface area contributed by atoms with Crippen molar-refractivity contribution in [2.45, 2.75) is 33.0 Å². The normalized spacial score (nSPS) is 13.8. The van der Waals surface area contributed by atoms with Gasteiger partial charge in [0.15, 0.2) is 0 Å². The zero-order valence-electron chi connectivity index (χ0n) is 14.1. The summed E-state index contributed by atoms with van der Waals surface area (Å²) >= 11 is -2.45. The van der Waals surface area contributed by atoms with Crippen molar-refractivity contribution in [1.29, 1.82) is 0 Å². The van der Waals surface area contributed by atoms with Crippen LogP contribution in [0.15, 0.2) is 0 Å². The molecule has 0 aromatic heterocycles. The Morgan fingerprint density at radius 3 is 2.08 bits per heavy atom. The Labute approximate surface area is 173 Å². The minimum Gasteiger partial charge on any atom is -0.772 e. The van der Waals surface area contributed by atoms with Crippen molar-refractivity contribution in [1.82, 2.24) is 5.32 Å². The predicted molar refractivity (Wildman–Crippen MR) is 88.5 cm³/mol. The molecule has 3 atom stereocenters. The number of carbonyl (C=O) groups excluding carboxylic acids is 3. The first kappa shape index (κ1) is 26.4. The van der Waals surface area contributed by atoms with Gasteiger partial charge in [-0.15, -0.1) is 0 Å². The van der Waals surface area contributed by atoms with Gasteiger partial charge in [0.05, 0.1) is 5.75 Å². The molecular formula is C12H20NNaO7S3. The van der Waals surface area contributed by atoms with Crippen LogP contribution in [0.5, 0.6) is 0 Å². The molecule has 8 nitrogen and oxygen atoms in total. The Hall–Kier alpha value is 0.220. The zero-order valence-corrected chi connectivity index (χ0v) is 18.5. The van der Waals surface area contributed by atoms with Crippen LogP contribution in [0.25, 0.3) is 0 Å². The van der Waals surface area contributed by atoms with Crippen LogP contribution in [0.3, 0.4) is 0 Å². The zero-order chi connectivity index (χ0) is 17.8. The molecule has 12 heteroatoms. The summed E-state index contributed by atoms with van der Waals surface area (Å²) in [6, 6.07) is 0. The van der Waals surface area contributed by atoms with Gasteiger partial charge in [-0.3, -0.25) is 18.6 Å². The van der Waals surface area contributed by atoms with Crippen molar-refractivity contribution in [3.05, 3.63) is 0 Å². The Kier molecular flexibility index (Phi) is 17.1. The molecule has 0 aromatic carbocycles. The maximum Gasteiger partial charge on any atom is 1.00 e. The molecule has 0 aliphatic carbocycles. The monoisotopic (exact) mass is 409 g/mol. The minimum absolute atomic E-state index is 0. The van der Waals surface area contributed by atoms with E-state index in [9.17, 15) is 23.1 Å². The van der Waals surface area contributed by atoms with Crippen LogP contribution in [0.1, 0.15) is 20.8 Å². The van der Waals surface area contributed by atoms with E-state index in [1.807, 2.05) is 0 Å². The van der Waals surface area contributed by atoms with E-state index in [1.54, 1.807) is 0 Å². The van der Waals surface area contributed by atoms with Crippen LogP contribution in [0, 0.1) is 0 Å². The summed E-state index contributed by atoms with van der Waals surface area (Å²) in [7, 11) is 2.76. The smallest absolute Gasteiger partial charge is 0.772 e. The Morgan fingerprint density at radius 1 is 1.08 bits per heavy atom. The summed E-state index contributed by atoms with van der Waals surface area (Å²) in [5, 5.41) is 2.63. The minimum atomic E-state index is -2.45. The van der Waals surface area contributed by atoms with E-state index in [4.69, 9.17) is 9.47 Å². The van der Waals surface area contributed by atoms with Crippen molar-refractivity contribution in [3.63, 3.8) is 0 Å². The molecule has 1 amide bonds. The first-order chi connectivity index (χ1) is 10.7. The second kappa shape index (κ2) is 15.5. The predicted octanol–water partition coefficient (Wildman–Crippen LogP) is -2.75. The summed E-state index contributed by atoms with van der Waals surface area (Å²) in [5.74, 6) is -0.938. The molecule has 0 rings (SSSR count). The molecule has 3 unspecified atom stereocenters. The van der Waals surface area contributed by atoms with Crippen LogP contribution in [-0.2, 0) is 34.9 Å². The van der Waals surface area contributed by atoms with Crippen molar-refractivity contribution in [2.24, 2.45) is 0 Å². The molecule has 24 heavy (non-hydrogen) atoms. The average molecular weight is 409 g/mol. The molecular weight excluding hydrogens is 389 g/mol. The maximum absolute atomic E-state index is 11.2. The van der Waals surface area contributed by atoms with Crippen molar-refractivity contribution < 1.29 is 62.2 Å². The van der Waals surface area contributed by atoms with Gasteiger partial charge in [-0.05, 0) is 0 Å². The van der Waals surface area contributed by atoms with E-state index in [2.05, 4.69) is 5.32 Å². The van der Waals surface area contributed by atoms with E-state index in [0.29, 0.717) is 12.3 Å². The van der Waals surface area contributed by atoms with Gasteiger partial charge < -0.3 is 19.3 Å². The van der Waals surface area contributed by atoms with Crippen molar-refractivity contribution >= 4 is 50.5 Å². The van der Waals surface area contributed by atoms with Crippen LogP contribution in [-0.4, -0.2) is 62.6 Å². The molecule has 0 bridgehead atoms. The number of esters is 2. The topological polar surface area (TPSA) is 122 Å². The van der Waals surface area contributed by atoms with Gasteiger partial charge in [-0.25, -0.2) is 0 Å². The fraction of sp³-hybridized carbons (Fsp3) is 0.750. The van der Waals surface area contributed by atoms with E-state index in [1.165, 1.54) is 35.4 Å². The number of carbonyl (C=O) groups is 3. The molecule has 0 fully saturated rings. The number of rotatable bonds is 11. The third-order valence-electron chi connectivity index (χ3n) is 2.22. The largest absolute Gasteiger partial charge is 1.00 e. The van der Waals surface area contributed by atoms with Gasteiger partial charge in [0, 0.05) is 38.8 Å². The maximum atomic E-state index is 11.2. The molecule has 134 valence electrons. The van der Waals surface area contributed by atoms with Crippen molar-refractivity contribution in [2.75, 3.05) is 23.8 Å². The fourth-order valence-corrected chi connectivity index (χ4v) is 4.10. The molecule has 0 aliphatic heterocycles. The van der Waals surface area contributed by atoms with Crippen LogP contribution < -0.4 is 34.9 Å². The molecule has 1 N–H and O–H groups in total. The van der Waals surface area contributed by atoms with E-state index in [0.717, 1.165) is 6.92 Å². The summed E-state index contributed by atoms with van der Waals surface area (Å²) in [6.07, 6.45) is -1.93. The summed E-state index contributed by atoms with van der Waals surface area (Å²) in [6.45, 7) is 4.26. The van der Waals surface area contributed by atoms with Gasteiger partial charge in [0.2, 0.25) is 5.91 Å². The van der Waals surface area contributed by atoms with Gasteiger partial charge in [-0.2, -0.15) is 0 Å². The Balaban J connectivity index is 0. The number of hydrogen-bond acceptors (Lipinski definition) is 9. The van der Waals surface area contributed by atoms with E-state index < -0.39 is 41.0 Å². The first-order valence-corrected chi connectivity index (χ1v) is 10.3. The van der Waals surface area contributed by atoms with E-state index in [-0.39, 0.29) is 41.2 Å².